The predicted octanol–water partition coefficient (Wildman–Crippen LogP) is 3.00. The van der Waals surface area contributed by atoms with Crippen LogP contribution < -0.4 is 20.4 Å². The Morgan fingerprint density at radius 3 is 2.29 bits per heavy atom. The zero-order chi connectivity index (χ0) is 24.1. The van der Waals surface area contributed by atoms with Crippen LogP contribution in [0.1, 0.15) is 25.7 Å². The van der Waals surface area contributed by atoms with Crippen molar-refractivity contribution in [1.82, 2.24) is 14.7 Å². The lowest BCUT2D eigenvalue weighted by Crippen LogP contribution is -2.35. The Morgan fingerprint density at radius 2 is 1.59 bits per heavy atom. The molecule has 1 saturated carbocycles. The minimum absolute atomic E-state index is 0.372. The second-order valence-corrected chi connectivity index (χ2v) is 11.1. The Morgan fingerprint density at radius 1 is 0.941 bits per heavy atom. The van der Waals surface area contributed by atoms with Gasteiger partial charge in [-0.15, -0.1) is 0 Å². The molecule has 1 aliphatic rings. The third kappa shape index (κ3) is 5.70. The second kappa shape index (κ2) is 10.7. The van der Waals surface area contributed by atoms with Crippen LogP contribution in [0.15, 0.2) is 53.4 Å². The first-order chi connectivity index (χ1) is 16.4. The highest BCUT2D eigenvalue weighted by Crippen LogP contribution is 2.29. The molecule has 1 fully saturated rings. The highest BCUT2D eigenvalue weighted by atomic mass is 32.2. The van der Waals surface area contributed by atoms with Crippen molar-refractivity contribution in [2.24, 2.45) is 11.8 Å². The molecular formula is C25H34BN5O2S. The fourth-order valence-electron chi connectivity index (χ4n) is 4.72. The van der Waals surface area contributed by atoms with Crippen LogP contribution in [-0.4, -0.2) is 52.9 Å². The summed E-state index contributed by atoms with van der Waals surface area (Å²) in [5.74, 6) is 2.48. The summed E-state index contributed by atoms with van der Waals surface area (Å²) in [5, 5.41) is 4.49. The van der Waals surface area contributed by atoms with Gasteiger partial charge in [-0.2, -0.15) is 4.98 Å². The van der Waals surface area contributed by atoms with Crippen LogP contribution in [-0.2, 0) is 10.0 Å². The van der Waals surface area contributed by atoms with Crippen molar-refractivity contribution < 1.29 is 8.42 Å². The molecule has 0 unspecified atom stereocenters. The number of aromatic nitrogens is 2. The van der Waals surface area contributed by atoms with E-state index in [0.717, 1.165) is 54.4 Å². The van der Waals surface area contributed by atoms with Gasteiger partial charge in [-0.25, -0.2) is 18.1 Å². The maximum Gasteiger partial charge on any atom is 0.240 e. The molecule has 0 aliphatic heterocycles. The number of fused-ring (bicyclic) bond motifs is 1. The fraction of sp³-hybridized carbons (Fsp3) is 0.440. The number of benzene rings is 2. The van der Waals surface area contributed by atoms with Gasteiger partial charge >= 0.3 is 0 Å². The first kappa shape index (κ1) is 24.5. The SMILES string of the molecule is CBc1ccccc1S(=O)(=O)NC[C@H]1CC[C@H](CNc2nc(N(C)C)c3ccccc3n2)CC1. The van der Waals surface area contributed by atoms with E-state index in [0.29, 0.717) is 36.5 Å². The molecule has 34 heavy (non-hydrogen) atoms. The summed E-state index contributed by atoms with van der Waals surface area (Å²) >= 11 is 0. The maximum absolute atomic E-state index is 12.8. The molecule has 1 aromatic heterocycles. The van der Waals surface area contributed by atoms with Crippen LogP contribution in [0.2, 0.25) is 6.82 Å². The van der Waals surface area contributed by atoms with Gasteiger partial charge in [0.2, 0.25) is 16.0 Å². The third-order valence-corrected chi connectivity index (χ3v) is 8.25. The molecule has 2 N–H and O–H groups in total. The Labute approximate surface area is 203 Å². The van der Waals surface area contributed by atoms with E-state index in [4.69, 9.17) is 9.97 Å². The van der Waals surface area contributed by atoms with Crippen LogP contribution >= 0.6 is 0 Å². The van der Waals surface area contributed by atoms with Gasteiger partial charge in [-0.3, -0.25) is 0 Å². The van der Waals surface area contributed by atoms with Crippen molar-refractivity contribution in [2.45, 2.75) is 37.4 Å². The third-order valence-electron chi connectivity index (χ3n) is 6.73. The number of nitrogens with one attached hydrogen (secondary N) is 2. The monoisotopic (exact) mass is 479 g/mol. The summed E-state index contributed by atoms with van der Waals surface area (Å²) in [6.07, 6.45) is 4.18. The Bertz CT molecular complexity index is 1230. The molecule has 0 saturated heterocycles. The molecule has 1 heterocycles. The molecule has 4 rings (SSSR count). The van der Waals surface area contributed by atoms with Crippen molar-refractivity contribution in [2.75, 3.05) is 37.4 Å². The average molecular weight is 479 g/mol. The largest absolute Gasteiger partial charge is 0.362 e. The molecule has 7 nitrogen and oxygen atoms in total. The molecule has 0 amide bonds. The lowest BCUT2D eigenvalue weighted by Gasteiger charge is -2.29. The smallest absolute Gasteiger partial charge is 0.240 e. The number of anilines is 2. The molecular weight excluding hydrogens is 445 g/mol. The van der Waals surface area contributed by atoms with Crippen LogP contribution in [0.25, 0.3) is 10.9 Å². The summed E-state index contributed by atoms with van der Waals surface area (Å²) in [4.78, 5) is 11.8. The van der Waals surface area contributed by atoms with E-state index in [1.54, 1.807) is 12.1 Å². The molecule has 1 aliphatic carbocycles. The summed E-state index contributed by atoms with van der Waals surface area (Å²) in [6.45, 7) is 3.31. The van der Waals surface area contributed by atoms with Crippen molar-refractivity contribution in [1.29, 1.82) is 0 Å². The van der Waals surface area contributed by atoms with E-state index in [9.17, 15) is 8.42 Å². The van der Waals surface area contributed by atoms with Gasteiger partial charge < -0.3 is 10.2 Å². The number of sulfonamides is 1. The number of rotatable bonds is 9. The van der Waals surface area contributed by atoms with Crippen molar-refractivity contribution in [3.63, 3.8) is 0 Å². The van der Waals surface area contributed by atoms with E-state index in [1.165, 1.54) is 0 Å². The predicted molar refractivity (Wildman–Crippen MR) is 142 cm³/mol. The van der Waals surface area contributed by atoms with Gasteiger partial charge in [0.25, 0.3) is 0 Å². The van der Waals surface area contributed by atoms with Crippen LogP contribution in [0.4, 0.5) is 11.8 Å². The maximum atomic E-state index is 12.8. The minimum Gasteiger partial charge on any atom is -0.362 e. The van der Waals surface area contributed by atoms with E-state index >= 15 is 0 Å². The summed E-state index contributed by atoms with van der Waals surface area (Å²) < 4.78 is 28.5. The van der Waals surface area contributed by atoms with Gasteiger partial charge in [0.1, 0.15) is 5.82 Å². The zero-order valence-electron chi connectivity index (χ0n) is 20.3. The summed E-state index contributed by atoms with van der Waals surface area (Å²) in [5.41, 5.74) is 1.79. The van der Waals surface area contributed by atoms with E-state index < -0.39 is 10.0 Å². The highest BCUT2D eigenvalue weighted by Gasteiger charge is 2.24. The van der Waals surface area contributed by atoms with Crippen molar-refractivity contribution in [3.05, 3.63) is 48.5 Å². The summed E-state index contributed by atoms with van der Waals surface area (Å²) in [6, 6.07) is 15.3. The van der Waals surface area contributed by atoms with Gasteiger partial charge in [-0.05, 0) is 55.7 Å². The molecule has 0 radical (unpaired) electrons. The lowest BCUT2D eigenvalue weighted by molar-refractivity contribution is 0.284. The molecule has 180 valence electrons. The molecule has 0 atom stereocenters. The standard InChI is InChI=1S/C25H34BN5O2S/c1-26-21-9-5-7-11-23(21)34(32,33)28-17-19-14-12-18(13-15-19)16-27-25-29-22-10-6-4-8-20(22)24(30-25)31(2)3/h4-11,18-19,26,28H,12-17H2,1-3H3,(H,27,29,30)/t18-,19-. The fourth-order valence-corrected chi connectivity index (χ4v) is 6.14. The number of nitrogens with zero attached hydrogens (tertiary/aromatic N) is 3. The van der Waals surface area contributed by atoms with Crippen LogP contribution in [0.3, 0.4) is 0 Å². The topological polar surface area (TPSA) is 87.2 Å². The number of hydrogen-bond donors (Lipinski definition) is 2. The van der Waals surface area contributed by atoms with Gasteiger partial charge in [0.15, 0.2) is 7.28 Å². The lowest BCUT2D eigenvalue weighted by atomic mass is 9.73. The first-order valence-corrected chi connectivity index (χ1v) is 13.6. The molecule has 3 aromatic rings. The van der Waals surface area contributed by atoms with E-state index in [-0.39, 0.29) is 0 Å². The normalized spacial score (nSPS) is 18.6. The molecule has 0 spiro atoms. The average Bonchev–Trinajstić information content (AvgIpc) is 2.86. The van der Waals surface area contributed by atoms with E-state index in [2.05, 4.69) is 10.0 Å². The van der Waals surface area contributed by atoms with Gasteiger partial charge in [0, 0.05) is 32.6 Å². The summed E-state index contributed by atoms with van der Waals surface area (Å²) in [7, 11) is 1.22. The van der Waals surface area contributed by atoms with E-state index in [1.807, 2.05) is 62.2 Å². The quantitative estimate of drug-likeness (QED) is 0.459. The van der Waals surface area contributed by atoms with Crippen molar-refractivity contribution >= 4 is 45.4 Å². The number of hydrogen-bond acceptors (Lipinski definition) is 6. The second-order valence-electron chi connectivity index (χ2n) is 9.36. The first-order valence-electron chi connectivity index (χ1n) is 12.1. The molecule has 2 aromatic carbocycles. The Hall–Kier alpha value is -2.65. The highest BCUT2D eigenvalue weighted by molar-refractivity contribution is 7.89. The van der Waals surface area contributed by atoms with Gasteiger partial charge in [-0.1, -0.05) is 42.6 Å². The van der Waals surface area contributed by atoms with Crippen LogP contribution in [0, 0.1) is 11.8 Å². The van der Waals surface area contributed by atoms with Crippen LogP contribution in [0.5, 0.6) is 0 Å². The Kier molecular flexibility index (Phi) is 7.73. The molecule has 9 heteroatoms. The minimum atomic E-state index is -3.47. The zero-order valence-corrected chi connectivity index (χ0v) is 21.1. The van der Waals surface area contributed by atoms with Crippen molar-refractivity contribution in [3.8, 4) is 0 Å². The number of para-hydroxylation sites is 1. The molecule has 0 bridgehead atoms. The Balaban J connectivity index is 1.29. The van der Waals surface area contributed by atoms with Gasteiger partial charge in [0.05, 0.1) is 10.4 Å².